The molecule has 4 rings (SSSR count). The number of rotatable bonds is 8. The molecule has 2 amide bonds. The molecule has 0 atom stereocenters. The van der Waals surface area contributed by atoms with Gasteiger partial charge in [0.25, 0.3) is 5.91 Å². The zero-order chi connectivity index (χ0) is 24.8. The minimum absolute atomic E-state index is 0.0883. The van der Waals surface area contributed by atoms with Crippen molar-refractivity contribution in [3.8, 4) is 16.9 Å². The molecule has 1 aromatic heterocycles. The molecule has 35 heavy (non-hydrogen) atoms. The monoisotopic (exact) mass is 486 g/mol. The number of carbonyl (C=O) groups excluding carboxylic acids is 2. The third kappa shape index (κ3) is 6.16. The SMILES string of the molecule is CC(C)CN(CC(=O)Nc1nc(-c2ccccc2)cn1-c1cccc(Cl)c1)C(=O)c1ccccc1. The fourth-order valence-corrected chi connectivity index (χ4v) is 3.98. The number of hydrogen-bond acceptors (Lipinski definition) is 3. The third-order valence-electron chi connectivity index (χ3n) is 5.34. The summed E-state index contributed by atoms with van der Waals surface area (Å²) in [5, 5.41) is 3.48. The van der Waals surface area contributed by atoms with E-state index in [4.69, 9.17) is 11.6 Å². The lowest BCUT2D eigenvalue weighted by Crippen LogP contribution is -2.40. The van der Waals surface area contributed by atoms with Crippen molar-refractivity contribution in [2.75, 3.05) is 18.4 Å². The summed E-state index contributed by atoms with van der Waals surface area (Å²) in [6.07, 6.45) is 1.86. The molecule has 0 aliphatic heterocycles. The van der Waals surface area contributed by atoms with Crippen LogP contribution in [0.4, 0.5) is 5.95 Å². The molecule has 0 fully saturated rings. The van der Waals surface area contributed by atoms with Crippen molar-refractivity contribution in [2.24, 2.45) is 5.92 Å². The minimum atomic E-state index is -0.330. The number of imidazole rings is 1. The molecule has 0 bridgehead atoms. The molecule has 0 aliphatic carbocycles. The molecular formula is C28H27ClN4O2. The molecule has 0 aliphatic rings. The van der Waals surface area contributed by atoms with Gasteiger partial charge in [0.05, 0.1) is 5.69 Å². The lowest BCUT2D eigenvalue weighted by Gasteiger charge is -2.24. The third-order valence-corrected chi connectivity index (χ3v) is 5.58. The number of carbonyl (C=O) groups is 2. The van der Waals surface area contributed by atoms with Crippen molar-refractivity contribution in [3.63, 3.8) is 0 Å². The normalized spacial score (nSPS) is 10.9. The van der Waals surface area contributed by atoms with Crippen molar-refractivity contribution < 1.29 is 9.59 Å². The zero-order valence-electron chi connectivity index (χ0n) is 19.7. The maximum Gasteiger partial charge on any atom is 0.254 e. The molecule has 0 unspecified atom stereocenters. The first-order valence-corrected chi connectivity index (χ1v) is 11.8. The highest BCUT2D eigenvalue weighted by Crippen LogP contribution is 2.25. The van der Waals surface area contributed by atoms with Crippen molar-refractivity contribution in [1.29, 1.82) is 0 Å². The van der Waals surface area contributed by atoms with Crippen LogP contribution in [-0.2, 0) is 4.79 Å². The first-order valence-electron chi connectivity index (χ1n) is 11.5. The van der Waals surface area contributed by atoms with Gasteiger partial charge in [-0.3, -0.25) is 19.5 Å². The van der Waals surface area contributed by atoms with Crippen LogP contribution in [0.15, 0.2) is 91.1 Å². The van der Waals surface area contributed by atoms with Gasteiger partial charge in [0.2, 0.25) is 11.9 Å². The largest absolute Gasteiger partial charge is 0.329 e. The Kier molecular flexibility index (Phi) is 7.63. The van der Waals surface area contributed by atoms with Crippen LogP contribution in [0.2, 0.25) is 5.02 Å². The highest BCUT2D eigenvalue weighted by atomic mass is 35.5. The standard InChI is InChI=1S/C28H27ClN4O2/c1-20(2)17-32(27(35)22-12-7-4-8-13-22)19-26(34)31-28-30-25(21-10-5-3-6-11-21)18-33(28)24-15-9-14-23(29)16-24/h3-16,18,20H,17,19H2,1-2H3,(H,30,31,34). The van der Waals surface area contributed by atoms with Gasteiger partial charge in [0, 0.05) is 34.6 Å². The summed E-state index contributed by atoms with van der Waals surface area (Å²) in [7, 11) is 0. The van der Waals surface area contributed by atoms with Crippen LogP contribution in [0.3, 0.4) is 0 Å². The van der Waals surface area contributed by atoms with E-state index in [1.807, 2.05) is 80.7 Å². The quantitative estimate of drug-likeness (QED) is 0.335. The lowest BCUT2D eigenvalue weighted by atomic mass is 10.1. The van der Waals surface area contributed by atoms with E-state index in [0.717, 1.165) is 11.3 Å². The van der Waals surface area contributed by atoms with E-state index in [0.29, 0.717) is 28.8 Å². The van der Waals surface area contributed by atoms with E-state index in [2.05, 4.69) is 10.3 Å². The molecule has 7 heteroatoms. The predicted octanol–water partition coefficient (Wildman–Crippen LogP) is 5.93. The molecule has 1 heterocycles. The molecule has 0 spiro atoms. The fraction of sp³-hybridized carbons (Fsp3) is 0.179. The number of halogens is 1. The Morgan fingerprint density at radius 1 is 0.971 bits per heavy atom. The van der Waals surface area contributed by atoms with E-state index in [1.54, 1.807) is 33.7 Å². The van der Waals surface area contributed by atoms with E-state index in [1.165, 1.54) is 0 Å². The molecule has 3 aromatic carbocycles. The van der Waals surface area contributed by atoms with Gasteiger partial charge in [-0.05, 0) is 36.2 Å². The Morgan fingerprint density at radius 2 is 1.66 bits per heavy atom. The van der Waals surface area contributed by atoms with Crippen molar-refractivity contribution in [2.45, 2.75) is 13.8 Å². The molecule has 1 N–H and O–H groups in total. The number of aromatic nitrogens is 2. The second-order valence-corrected chi connectivity index (χ2v) is 9.10. The summed E-state index contributed by atoms with van der Waals surface area (Å²) in [6.45, 7) is 4.40. The topological polar surface area (TPSA) is 67.2 Å². The summed E-state index contributed by atoms with van der Waals surface area (Å²) >= 11 is 6.22. The highest BCUT2D eigenvalue weighted by Gasteiger charge is 2.21. The Morgan fingerprint density at radius 3 is 2.31 bits per heavy atom. The van der Waals surface area contributed by atoms with Crippen LogP contribution in [-0.4, -0.2) is 39.4 Å². The number of nitrogens with zero attached hydrogens (tertiary/aromatic N) is 3. The van der Waals surface area contributed by atoms with Gasteiger partial charge in [-0.25, -0.2) is 4.98 Å². The minimum Gasteiger partial charge on any atom is -0.329 e. The predicted molar refractivity (Wildman–Crippen MR) is 140 cm³/mol. The molecule has 0 saturated heterocycles. The first kappa shape index (κ1) is 24.2. The summed E-state index contributed by atoms with van der Waals surface area (Å²) < 4.78 is 1.79. The second-order valence-electron chi connectivity index (χ2n) is 8.66. The maximum atomic E-state index is 13.2. The van der Waals surface area contributed by atoms with Gasteiger partial charge in [-0.1, -0.05) is 80.0 Å². The van der Waals surface area contributed by atoms with E-state index in [9.17, 15) is 9.59 Å². The van der Waals surface area contributed by atoms with E-state index < -0.39 is 0 Å². The summed E-state index contributed by atoms with van der Waals surface area (Å²) in [4.78, 5) is 32.5. The number of anilines is 1. The summed E-state index contributed by atoms with van der Waals surface area (Å²) in [6, 6.07) is 26.0. The smallest absolute Gasteiger partial charge is 0.254 e. The Bertz CT molecular complexity index is 1300. The van der Waals surface area contributed by atoms with E-state index >= 15 is 0 Å². The van der Waals surface area contributed by atoms with Gasteiger partial charge in [-0.15, -0.1) is 0 Å². The van der Waals surface area contributed by atoms with Crippen LogP contribution in [0.25, 0.3) is 16.9 Å². The molecule has 6 nitrogen and oxygen atoms in total. The van der Waals surface area contributed by atoms with Crippen LogP contribution in [0.1, 0.15) is 24.2 Å². The second kappa shape index (κ2) is 11.0. The van der Waals surface area contributed by atoms with Crippen molar-refractivity contribution in [1.82, 2.24) is 14.5 Å². The fourth-order valence-electron chi connectivity index (χ4n) is 3.80. The molecule has 0 saturated carbocycles. The van der Waals surface area contributed by atoms with Gasteiger partial charge in [0.1, 0.15) is 6.54 Å². The number of amides is 2. The Balaban J connectivity index is 1.61. The van der Waals surface area contributed by atoms with Crippen molar-refractivity contribution in [3.05, 3.63) is 102 Å². The first-order chi connectivity index (χ1) is 16.9. The molecule has 178 valence electrons. The Labute approximate surface area is 210 Å². The van der Waals surface area contributed by atoms with Gasteiger partial charge in [-0.2, -0.15) is 0 Å². The van der Waals surface area contributed by atoms with Crippen LogP contribution < -0.4 is 5.32 Å². The lowest BCUT2D eigenvalue weighted by molar-refractivity contribution is -0.117. The van der Waals surface area contributed by atoms with E-state index in [-0.39, 0.29) is 24.3 Å². The van der Waals surface area contributed by atoms with Gasteiger partial charge in [0.15, 0.2) is 0 Å². The van der Waals surface area contributed by atoms with Crippen molar-refractivity contribution >= 4 is 29.4 Å². The van der Waals surface area contributed by atoms with Gasteiger partial charge < -0.3 is 4.90 Å². The summed E-state index contributed by atoms with van der Waals surface area (Å²) in [5.74, 6) is 0.0439. The average Bonchev–Trinajstić information content (AvgIpc) is 3.27. The zero-order valence-corrected chi connectivity index (χ0v) is 20.4. The number of benzene rings is 3. The van der Waals surface area contributed by atoms with Crippen LogP contribution in [0, 0.1) is 5.92 Å². The van der Waals surface area contributed by atoms with Crippen LogP contribution >= 0.6 is 11.6 Å². The van der Waals surface area contributed by atoms with Crippen LogP contribution in [0.5, 0.6) is 0 Å². The number of nitrogens with one attached hydrogen (secondary N) is 1. The summed E-state index contributed by atoms with van der Waals surface area (Å²) in [5.41, 5.74) is 2.94. The Hall–Kier alpha value is -3.90. The maximum absolute atomic E-state index is 13.2. The average molecular weight is 487 g/mol. The van der Waals surface area contributed by atoms with Gasteiger partial charge >= 0.3 is 0 Å². The highest BCUT2D eigenvalue weighted by molar-refractivity contribution is 6.30. The molecular weight excluding hydrogens is 460 g/mol. The molecule has 0 radical (unpaired) electrons. The molecule has 4 aromatic rings. The number of hydrogen-bond donors (Lipinski definition) is 1.